The van der Waals surface area contributed by atoms with Crippen LogP contribution in [0, 0.1) is 5.41 Å². The average Bonchev–Trinajstić information content (AvgIpc) is 2.25. The molecule has 0 bridgehead atoms. The highest BCUT2D eigenvalue weighted by Crippen LogP contribution is 2.28. The minimum Gasteiger partial charge on any atom is -0.389 e. The molecule has 17 heavy (non-hydrogen) atoms. The van der Waals surface area contributed by atoms with E-state index >= 15 is 0 Å². The van der Waals surface area contributed by atoms with E-state index in [0.717, 1.165) is 25.9 Å². The largest absolute Gasteiger partial charge is 0.389 e. The Morgan fingerprint density at radius 3 is 2.59 bits per heavy atom. The molecule has 4 nitrogen and oxygen atoms in total. The predicted molar refractivity (Wildman–Crippen MR) is 68.8 cm³/mol. The van der Waals surface area contributed by atoms with Crippen molar-refractivity contribution in [3.05, 3.63) is 0 Å². The van der Waals surface area contributed by atoms with Gasteiger partial charge in [0.2, 0.25) is 5.91 Å². The standard InChI is InChI=1S/C13H26N2O2/c1-5-15(10-12(2,3)17)11(16)13(4)7-6-8-14-9-13/h14,17H,5-10H2,1-4H3. The normalized spacial score (nSPS) is 25.7. The van der Waals surface area contributed by atoms with E-state index in [1.54, 1.807) is 18.7 Å². The zero-order chi connectivity index (χ0) is 13.1. The molecule has 0 saturated carbocycles. The molecule has 1 saturated heterocycles. The molecule has 0 aliphatic carbocycles. The van der Waals surface area contributed by atoms with E-state index in [2.05, 4.69) is 5.32 Å². The van der Waals surface area contributed by atoms with Crippen LogP contribution in [-0.2, 0) is 4.79 Å². The molecule has 0 aromatic carbocycles. The smallest absolute Gasteiger partial charge is 0.229 e. The highest BCUT2D eigenvalue weighted by atomic mass is 16.3. The highest BCUT2D eigenvalue weighted by Gasteiger charge is 2.38. The lowest BCUT2D eigenvalue weighted by atomic mass is 9.81. The van der Waals surface area contributed by atoms with Crippen molar-refractivity contribution in [3.63, 3.8) is 0 Å². The number of rotatable bonds is 4. The molecule has 100 valence electrons. The number of amides is 1. The molecule has 0 spiro atoms. The first-order valence-electron chi connectivity index (χ1n) is 6.51. The van der Waals surface area contributed by atoms with Gasteiger partial charge >= 0.3 is 0 Å². The first-order chi connectivity index (χ1) is 7.78. The number of aliphatic hydroxyl groups is 1. The van der Waals surface area contributed by atoms with Crippen LogP contribution in [0.25, 0.3) is 0 Å². The molecule has 1 amide bonds. The Labute approximate surface area is 104 Å². The Kier molecular flexibility index (Phi) is 4.55. The molecule has 1 aliphatic rings. The summed E-state index contributed by atoms with van der Waals surface area (Å²) in [6, 6.07) is 0. The van der Waals surface area contributed by atoms with Crippen molar-refractivity contribution in [1.82, 2.24) is 10.2 Å². The zero-order valence-electron chi connectivity index (χ0n) is 11.5. The van der Waals surface area contributed by atoms with E-state index in [4.69, 9.17) is 0 Å². The van der Waals surface area contributed by atoms with Gasteiger partial charge in [-0.1, -0.05) is 0 Å². The van der Waals surface area contributed by atoms with E-state index in [-0.39, 0.29) is 11.3 Å². The fraction of sp³-hybridized carbons (Fsp3) is 0.923. The lowest BCUT2D eigenvalue weighted by molar-refractivity contribution is -0.145. The molecule has 1 fully saturated rings. The monoisotopic (exact) mass is 242 g/mol. The van der Waals surface area contributed by atoms with Crippen molar-refractivity contribution < 1.29 is 9.90 Å². The molecule has 1 heterocycles. The molecular weight excluding hydrogens is 216 g/mol. The average molecular weight is 242 g/mol. The van der Waals surface area contributed by atoms with Crippen LogP contribution in [0.5, 0.6) is 0 Å². The maximum absolute atomic E-state index is 12.5. The molecule has 0 radical (unpaired) electrons. The van der Waals surface area contributed by atoms with Gasteiger partial charge in [0.05, 0.1) is 11.0 Å². The number of carbonyl (C=O) groups is 1. The van der Waals surface area contributed by atoms with E-state index in [9.17, 15) is 9.90 Å². The van der Waals surface area contributed by atoms with Gasteiger partial charge in [-0.05, 0) is 47.1 Å². The molecule has 1 rings (SSSR count). The fourth-order valence-corrected chi connectivity index (χ4v) is 2.41. The van der Waals surface area contributed by atoms with E-state index < -0.39 is 5.60 Å². The van der Waals surface area contributed by atoms with Crippen LogP contribution in [0.1, 0.15) is 40.5 Å². The summed E-state index contributed by atoms with van der Waals surface area (Å²) < 4.78 is 0. The number of likely N-dealkylation sites (N-methyl/N-ethyl adjacent to an activating group) is 1. The van der Waals surface area contributed by atoms with Crippen LogP contribution in [-0.4, -0.2) is 47.7 Å². The Bertz CT molecular complexity index is 265. The fourth-order valence-electron chi connectivity index (χ4n) is 2.41. The van der Waals surface area contributed by atoms with E-state index in [1.165, 1.54) is 0 Å². The molecule has 1 unspecified atom stereocenters. The summed E-state index contributed by atoms with van der Waals surface area (Å²) in [5.41, 5.74) is -1.14. The summed E-state index contributed by atoms with van der Waals surface area (Å²) in [5.74, 6) is 0.161. The van der Waals surface area contributed by atoms with Crippen molar-refractivity contribution >= 4 is 5.91 Å². The van der Waals surface area contributed by atoms with E-state index in [0.29, 0.717) is 13.1 Å². The Balaban J connectivity index is 2.71. The topological polar surface area (TPSA) is 52.6 Å². The second-order valence-corrected chi connectivity index (χ2v) is 5.97. The molecule has 1 aliphatic heterocycles. The second kappa shape index (κ2) is 5.36. The Morgan fingerprint density at radius 1 is 1.53 bits per heavy atom. The quantitative estimate of drug-likeness (QED) is 0.773. The molecular formula is C13H26N2O2. The third-order valence-electron chi connectivity index (χ3n) is 3.36. The van der Waals surface area contributed by atoms with Gasteiger partial charge in [0.1, 0.15) is 0 Å². The van der Waals surface area contributed by atoms with Crippen LogP contribution >= 0.6 is 0 Å². The van der Waals surface area contributed by atoms with Crippen LogP contribution in [0.4, 0.5) is 0 Å². The first kappa shape index (κ1) is 14.5. The number of carbonyl (C=O) groups excluding carboxylic acids is 1. The number of nitrogens with one attached hydrogen (secondary N) is 1. The summed E-state index contributed by atoms with van der Waals surface area (Å²) in [6.45, 7) is 10.3. The summed E-state index contributed by atoms with van der Waals surface area (Å²) >= 11 is 0. The van der Waals surface area contributed by atoms with Gasteiger partial charge in [0.15, 0.2) is 0 Å². The lowest BCUT2D eigenvalue weighted by Gasteiger charge is -2.39. The minimum atomic E-state index is -0.829. The first-order valence-corrected chi connectivity index (χ1v) is 6.51. The van der Waals surface area contributed by atoms with Gasteiger partial charge in [0, 0.05) is 19.6 Å². The van der Waals surface area contributed by atoms with Crippen molar-refractivity contribution in [2.75, 3.05) is 26.2 Å². The van der Waals surface area contributed by atoms with Crippen LogP contribution in [0.15, 0.2) is 0 Å². The SMILES string of the molecule is CCN(CC(C)(C)O)C(=O)C1(C)CCCNC1. The number of piperidine rings is 1. The van der Waals surface area contributed by atoms with Gasteiger partial charge in [-0.3, -0.25) is 4.79 Å². The Morgan fingerprint density at radius 2 is 2.18 bits per heavy atom. The lowest BCUT2D eigenvalue weighted by Crippen LogP contribution is -2.53. The minimum absolute atomic E-state index is 0.161. The third kappa shape index (κ3) is 3.96. The van der Waals surface area contributed by atoms with E-state index in [1.807, 2.05) is 13.8 Å². The molecule has 2 N–H and O–H groups in total. The maximum atomic E-state index is 12.5. The van der Waals surface area contributed by atoms with Gasteiger partial charge in [-0.15, -0.1) is 0 Å². The van der Waals surface area contributed by atoms with Crippen LogP contribution in [0.2, 0.25) is 0 Å². The van der Waals surface area contributed by atoms with Crippen molar-refractivity contribution in [2.45, 2.75) is 46.1 Å². The van der Waals surface area contributed by atoms with Gasteiger partial charge in [-0.2, -0.15) is 0 Å². The number of hydrogen-bond donors (Lipinski definition) is 2. The van der Waals surface area contributed by atoms with Crippen molar-refractivity contribution in [1.29, 1.82) is 0 Å². The van der Waals surface area contributed by atoms with Crippen LogP contribution < -0.4 is 5.32 Å². The summed E-state index contributed by atoms with van der Waals surface area (Å²) in [5, 5.41) is 13.1. The third-order valence-corrected chi connectivity index (χ3v) is 3.36. The number of nitrogens with zero attached hydrogens (tertiary/aromatic N) is 1. The summed E-state index contributed by atoms with van der Waals surface area (Å²) in [4.78, 5) is 14.3. The Hall–Kier alpha value is -0.610. The van der Waals surface area contributed by atoms with Crippen molar-refractivity contribution in [2.24, 2.45) is 5.41 Å². The van der Waals surface area contributed by atoms with Gasteiger partial charge in [-0.25, -0.2) is 0 Å². The zero-order valence-corrected chi connectivity index (χ0v) is 11.5. The molecule has 0 aromatic heterocycles. The van der Waals surface area contributed by atoms with Crippen LogP contribution in [0.3, 0.4) is 0 Å². The molecule has 4 heteroatoms. The van der Waals surface area contributed by atoms with Crippen molar-refractivity contribution in [3.8, 4) is 0 Å². The predicted octanol–water partition coefficient (Wildman–Crippen LogP) is 0.995. The summed E-state index contributed by atoms with van der Waals surface area (Å²) in [6.07, 6.45) is 1.98. The highest BCUT2D eigenvalue weighted by molar-refractivity contribution is 5.82. The van der Waals surface area contributed by atoms with Gasteiger partial charge in [0.25, 0.3) is 0 Å². The summed E-state index contributed by atoms with van der Waals surface area (Å²) in [7, 11) is 0. The molecule has 0 aromatic rings. The number of hydrogen-bond acceptors (Lipinski definition) is 3. The second-order valence-electron chi connectivity index (χ2n) is 5.97. The molecule has 1 atom stereocenters. The maximum Gasteiger partial charge on any atom is 0.229 e. The van der Waals surface area contributed by atoms with Gasteiger partial charge < -0.3 is 15.3 Å².